The molecule has 7 nitrogen and oxygen atoms in total. The molecular weight excluding hydrogens is 254 g/mol. The van der Waals surface area contributed by atoms with Crippen molar-refractivity contribution in [3.63, 3.8) is 0 Å². The Morgan fingerprint density at radius 1 is 1.67 bits per heavy atom. The molecule has 0 unspecified atom stereocenters. The number of hydrazine groups is 1. The SMILES string of the molecule is CCOC(=O)CSc1nc(NN)cn2ccnc12. The van der Waals surface area contributed by atoms with E-state index in [1.54, 1.807) is 29.9 Å². The molecule has 0 fully saturated rings. The predicted molar refractivity (Wildman–Crippen MR) is 68.2 cm³/mol. The van der Waals surface area contributed by atoms with E-state index in [9.17, 15) is 4.79 Å². The van der Waals surface area contributed by atoms with E-state index in [1.807, 2.05) is 0 Å². The van der Waals surface area contributed by atoms with Crippen molar-refractivity contribution < 1.29 is 9.53 Å². The van der Waals surface area contributed by atoms with Gasteiger partial charge in [0, 0.05) is 12.4 Å². The summed E-state index contributed by atoms with van der Waals surface area (Å²) in [6, 6.07) is 0. The Morgan fingerprint density at radius 2 is 2.50 bits per heavy atom. The second-order valence-corrected chi connectivity index (χ2v) is 4.29. The summed E-state index contributed by atoms with van der Waals surface area (Å²) in [5.74, 6) is 5.76. The van der Waals surface area contributed by atoms with E-state index in [2.05, 4.69) is 15.4 Å². The van der Waals surface area contributed by atoms with E-state index in [0.717, 1.165) is 0 Å². The van der Waals surface area contributed by atoms with Crippen molar-refractivity contribution in [2.24, 2.45) is 5.84 Å². The number of aromatic nitrogens is 3. The number of carbonyl (C=O) groups is 1. The van der Waals surface area contributed by atoms with Crippen molar-refractivity contribution in [1.29, 1.82) is 0 Å². The highest BCUT2D eigenvalue weighted by Crippen LogP contribution is 2.22. The lowest BCUT2D eigenvalue weighted by molar-refractivity contribution is -0.139. The quantitative estimate of drug-likeness (QED) is 0.356. The van der Waals surface area contributed by atoms with Gasteiger partial charge in [0.05, 0.1) is 18.6 Å². The van der Waals surface area contributed by atoms with Gasteiger partial charge in [-0.15, -0.1) is 0 Å². The molecule has 0 bridgehead atoms. The van der Waals surface area contributed by atoms with Crippen molar-refractivity contribution in [3.05, 3.63) is 18.6 Å². The standard InChI is InChI=1S/C10H13N5O2S/c1-2-17-8(16)6-18-10-9-12-3-4-15(9)5-7(13-10)14-11/h3-5,14H,2,6,11H2,1H3. The molecule has 0 radical (unpaired) electrons. The molecule has 2 heterocycles. The monoisotopic (exact) mass is 267 g/mol. The van der Waals surface area contributed by atoms with E-state index in [-0.39, 0.29) is 11.7 Å². The van der Waals surface area contributed by atoms with E-state index < -0.39 is 0 Å². The Bertz CT molecular complexity index is 556. The minimum Gasteiger partial charge on any atom is -0.465 e. The summed E-state index contributed by atoms with van der Waals surface area (Å²) in [5, 5.41) is 0.628. The molecule has 3 N–H and O–H groups in total. The van der Waals surface area contributed by atoms with Crippen LogP contribution in [0.1, 0.15) is 6.92 Å². The first kappa shape index (κ1) is 12.7. The zero-order chi connectivity index (χ0) is 13.0. The maximum atomic E-state index is 11.3. The van der Waals surface area contributed by atoms with Crippen molar-refractivity contribution in [3.8, 4) is 0 Å². The van der Waals surface area contributed by atoms with Gasteiger partial charge in [-0.25, -0.2) is 15.8 Å². The fourth-order valence-corrected chi connectivity index (χ4v) is 2.19. The van der Waals surface area contributed by atoms with Gasteiger partial charge in [0.2, 0.25) is 0 Å². The number of imidazole rings is 1. The second kappa shape index (κ2) is 5.69. The van der Waals surface area contributed by atoms with Crippen molar-refractivity contribution in [1.82, 2.24) is 14.4 Å². The fraction of sp³-hybridized carbons (Fsp3) is 0.300. The minimum atomic E-state index is -0.278. The highest BCUT2D eigenvalue weighted by molar-refractivity contribution is 8.00. The van der Waals surface area contributed by atoms with Crippen LogP contribution in [0.3, 0.4) is 0 Å². The summed E-state index contributed by atoms with van der Waals surface area (Å²) in [4.78, 5) is 19.7. The van der Waals surface area contributed by atoms with E-state index in [4.69, 9.17) is 10.6 Å². The summed E-state index contributed by atoms with van der Waals surface area (Å²) >= 11 is 1.27. The summed E-state index contributed by atoms with van der Waals surface area (Å²) in [6.45, 7) is 2.14. The lowest BCUT2D eigenvalue weighted by Gasteiger charge is -2.06. The molecule has 18 heavy (non-hydrogen) atoms. The normalized spacial score (nSPS) is 10.6. The molecule has 0 aliphatic rings. The summed E-state index contributed by atoms with van der Waals surface area (Å²) in [6.07, 6.45) is 5.16. The number of nitrogen functional groups attached to an aromatic ring is 1. The van der Waals surface area contributed by atoms with Crippen LogP contribution in [-0.4, -0.2) is 32.7 Å². The average Bonchev–Trinajstić information content (AvgIpc) is 2.84. The van der Waals surface area contributed by atoms with Gasteiger partial charge in [-0.3, -0.25) is 4.79 Å². The zero-order valence-corrected chi connectivity index (χ0v) is 10.6. The maximum Gasteiger partial charge on any atom is 0.316 e. The predicted octanol–water partition coefficient (Wildman–Crippen LogP) is 0.670. The molecule has 0 spiro atoms. The third-order valence-electron chi connectivity index (χ3n) is 2.12. The van der Waals surface area contributed by atoms with Crippen LogP contribution < -0.4 is 11.3 Å². The molecule has 0 aliphatic heterocycles. The van der Waals surface area contributed by atoms with Crippen LogP contribution in [0, 0.1) is 0 Å². The molecular formula is C10H13N5O2S. The van der Waals surface area contributed by atoms with Crippen LogP contribution in [0.5, 0.6) is 0 Å². The van der Waals surface area contributed by atoms with Gasteiger partial charge in [0.25, 0.3) is 0 Å². The van der Waals surface area contributed by atoms with Crippen molar-refractivity contribution in [2.75, 3.05) is 17.8 Å². The lowest BCUT2D eigenvalue weighted by Crippen LogP contribution is -2.11. The van der Waals surface area contributed by atoms with Crippen LogP contribution in [0.2, 0.25) is 0 Å². The Kier molecular flexibility index (Phi) is 4.00. The van der Waals surface area contributed by atoms with Gasteiger partial charge in [0.1, 0.15) is 5.03 Å². The molecule has 0 aromatic carbocycles. The first-order valence-electron chi connectivity index (χ1n) is 5.33. The van der Waals surface area contributed by atoms with Gasteiger partial charge in [0.15, 0.2) is 11.5 Å². The second-order valence-electron chi connectivity index (χ2n) is 3.33. The van der Waals surface area contributed by atoms with E-state index >= 15 is 0 Å². The summed E-state index contributed by atoms with van der Waals surface area (Å²) in [7, 11) is 0. The zero-order valence-electron chi connectivity index (χ0n) is 9.79. The molecule has 2 aromatic rings. The Hall–Kier alpha value is -1.80. The number of esters is 1. The number of ether oxygens (including phenoxy) is 1. The highest BCUT2D eigenvalue weighted by Gasteiger charge is 2.10. The van der Waals surface area contributed by atoms with Crippen LogP contribution in [0.15, 0.2) is 23.6 Å². The third kappa shape index (κ3) is 2.71. The van der Waals surface area contributed by atoms with E-state index in [0.29, 0.717) is 23.1 Å². The van der Waals surface area contributed by atoms with Crippen molar-refractivity contribution >= 4 is 29.2 Å². The molecule has 0 saturated heterocycles. The smallest absolute Gasteiger partial charge is 0.316 e. The van der Waals surface area contributed by atoms with Gasteiger partial charge in [-0.1, -0.05) is 11.8 Å². The summed E-state index contributed by atoms with van der Waals surface area (Å²) in [5.41, 5.74) is 3.16. The molecule has 0 aliphatic carbocycles. The maximum absolute atomic E-state index is 11.3. The number of fused-ring (bicyclic) bond motifs is 1. The molecule has 96 valence electrons. The number of rotatable bonds is 5. The van der Waals surface area contributed by atoms with Gasteiger partial charge in [-0.05, 0) is 6.92 Å². The largest absolute Gasteiger partial charge is 0.465 e. The molecule has 2 aromatic heterocycles. The lowest BCUT2D eigenvalue weighted by atomic mass is 10.6. The van der Waals surface area contributed by atoms with Crippen LogP contribution in [0.25, 0.3) is 5.65 Å². The van der Waals surface area contributed by atoms with Gasteiger partial charge in [-0.2, -0.15) is 0 Å². The number of nitrogens with one attached hydrogen (secondary N) is 1. The topological polar surface area (TPSA) is 94.5 Å². The highest BCUT2D eigenvalue weighted by atomic mass is 32.2. The third-order valence-corrected chi connectivity index (χ3v) is 3.05. The Balaban J connectivity index is 2.20. The van der Waals surface area contributed by atoms with Gasteiger partial charge >= 0.3 is 5.97 Å². The molecule has 0 atom stereocenters. The number of hydrogen-bond acceptors (Lipinski definition) is 7. The van der Waals surface area contributed by atoms with Crippen LogP contribution >= 0.6 is 11.8 Å². The number of carbonyl (C=O) groups excluding carboxylic acids is 1. The van der Waals surface area contributed by atoms with Gasteiger partial charge < -0.3 is 14.6 Å². The molecule has 0 saturated carbocycles. The van der Waals surface area contributed by atoms with Crippen LogP contribution in [0.4, 0.5) is 5.82 Å². The number of thioether (sulfide) groups is 1. The van der Waals surface area contributed by atoms with Crippen LogP contribution in [-0.2, 0) is 9.53 Å². The molecule has 8 heteroatoms. The summed E-state index contributed by atoms with van der Waals surface area (Å²) < 4.78 is 6.65. The fourth-order valence-electron chi connectivity index (χ4n) is 1.40. The molecule has 0 amide bonds. The van der Waals surface area contributed by atoms with E-state index in [1.165, 1.54) is 11.8 Å². The Morgan fingerprint density at radius 3 is 3.22 bits per heavy atom. The number of nitrogens with two attached hydrogens (primary N) is 1. The first-order chi connectivity index (χ1) is 8.74. The number of anilines is 1. The Labute approximate surface area is 108 Å². The minimum absolute atomic E-state index is 0.192. The number of hydrogen-bond donors (Lipinski definition) is 2. The molecule has 2 rings (SSSR count). The first-order valence-corrected chi connectivity index (χ1v) is 6.32. The number of nitrogens with zero attached hydrogens (tertiary/aromatic N) is 3. The van der Waals surface area contributed by atoms with Crippen molar-refractivity contribution in [2.45, 2.75) is 11.9 Å². The average molecular weight is 267 g/mol.